The van der Waals surface area contributed by atoms with Crippen molar-refractivity contribution in [3.63, 3.8) is 0 Å². The predicted molar refractivity (Wildman–Crippen MR) is 102 cm³/mol. The fraction of sp³-hybridized carbons (Fsp3) is 0.391. The molecule has 2 fully saturated rings. The van der Waals surface area contributed by atoms with Crippen molar-refractivity contribution in [2.24, 2.45) is 0 Å². The zero-order valence-corrected chi connectivity index (χ0v) is 15.2. The van der Waals surface area contributed by atoms with Gasteiger partial charge in [-0.2, -0.15) is 0 Å². The number of hydrogen-bond donors (Lipinski definition) is 0. The monoisotopic (exact) mass is 348 g/mol. The molecule has 1 aliphatic heterocycles. The van der Waals surface area contributed by atoms with E-state index in [1.807, 2.05) is 0 Å². The van der Waals surface area contributed by atoms with Crippen molar-refractivity contribution in [3.8, 4) is 5.75 Å². The first-order chi connectivity index (χ1) is 12.7. The third-order valence-electron chi connectivity index (χ3n) is 6.37. The van der Waals surface area contributed by atoms with Gasteiger partial charge in [0.2, 0.25) is 0 Å². The van der Waals surface area contributed by atoms with Crippen LogP contribution in [-0.2, 0) is 14.9 Å². The predicted octanol–water partition coefficient (Wildman–Crippen LogP) is 4.80. The van der Waals surface area contributed by atoms with Crippen LogP contribution in [0.2, 0.25) is 0 Å². The quantitative estimate of drug-likeness (QED) is 0.780. The Balaban J connectivity index is 1.55. The number of allylic oxidation sites excluding steroid dienone is 1. The molecule has 2 spiro atoms. The summed E-state index contributed by atoms with van der Waals surface area (Å²) in [5.41, 5.74) is 5.58. The van der Waals surface area contributed by atoms with Crippen molar-refractivity contribution in [2.45, 2.75) is 36.9 Å². The molecule has 0 bridgehead atoms. The van der Waals surface area contributed by atoms with E-state index in [0.29, 0.717) is 0 Å². The Morgan fingerprint density at radius 3 is 2.23 bits per heavy atom. The highest BCUT2D eigenvalue weighted by Crippen LogP contribution is 2.57. The second-order valence-electron chi connectivity index (χ2n) is 7.56. The highest BCUT2D eigenvalue weighted by atomic mass is 16.7. The summed E-state index contributed by atoms with van der Waals surface area (Å²) < 4.78 is 17.3. The molecule has 2 aliphatic carbocycles. The fourth-order valence-electron chi connectivity index (χ4n) is 5.01. The normalized spacial score (nSPS) is 22.4. The molecule has 2 aromatic carbocycles. The maximum absolute atomic E-state index is 5.99. The minimum Gasteiger partial charge on any atom is -0.497 e. The molecule has 5 rings (SSSR count). The van der Waals surface area contributed by atoms with Crippen LogP contribution < -0.4 is 4.74 Å². The Kier molecular flexibility index (Phi) is 3.70. The largest absolute Gasteiger partial charge is 0.497 e. The molecule has 0 N–H and O–H groups in total. The van der Waals surface area contributed by atoms with Gasteiger partial charge in [-0.15, -0.1) is 0 Å². The Hall–Kier alpha value is -2.10. The Morgan fingerprint density at radius 1 is 0.846 bits per heavy atom. The topological polar surface area (TPSA) is 27.7 Å². The van der Waals surface area contributed by atoms with Crippen LogP contribution in [0.3, 0.4) is 0 Å². The van der Waals surface area contributed by atoms with Gasteiger partial charge in [0.25, 0.3) is 0 Å². The lowest BCUT2D eigenvalue weighted by atomic mass is 9.64. The van der Waals surface area contributed by atoms with E-state index in [1.165, 1.54) is 22.3 Å². The number of benzene rings is 2. The van der Waals surface area contributed by atoms with Gasteiger partial charge in [0.15, 0.2) is 5.79 Å². The van der Waals surface area contributed by atoms with Crippen LogP contribution in [0, 0.1) is 0 Å². The Bertz CT molecular complexity index is 834. The second-order valence-corrected chi connectivity index (χ2v) is 7.56. The van der Waals surface area contributed by atoms with Crippen molar-refractivity contribution >= 4 is 11.6 Å². The van der Waals surface area contributed by atoms with Crippen LogP contribution >= 0.6 is 0 Å². The number of ether oxygens (including phenoxy) is 3. The van der Waals surface area contributed by atoms with Crippen LogP contribution in [0.25, 0.3) is 11.6 Å². The summed E-state index contributed by atoms with van der Waals surface area (Å²) in [5.74, 6) is 0.558. The van der Waals surface area contributed by atoms with Gasteiger partial charge < -0.3 is 14.2 Å². The molecule has 26 heavy (non-hydrogen) atoms. The Labute approximate surface area is 154 Å². The van der Waals surface area contributed by atoms with E-state index in [-0.39, 0.29) is 11.2 Å². The molecular formula is C23H24O3. The van der Waals surface area contributed by atoms with Gasteiger partial charge in [-0.05, 0) is 53.3 Å². The fourth-order valence-corrected chi connectivity index (χ4v) is 5.01. The average molecular weight is 348 g/mol. The third kappa shape index (κ3) is 2.34. The van der Waals surface area contributed by atoms with Crippen molar-refractivity contribution in [2.75, 3.05) is 20.3 Å². The smallest absolute Gasteiger partial charge is 0.168 e. The summed E-state index contributed by atoms with van der Waals surface area (Å²) in [6.07, 6.45) is 6.40. The third-order valence-corrected chi connectivity index (χ3v) is 6.37. The highest BCUT2D eigenvalue weighted by Gasteiger charge is 2.50. The van der Waals surface area contributed by atoms with E-state index in [4.69, 9.17) is 14.2 Å². The minimum absolute atomic E-state index is 0.0613. The first-order valence-electron chi connectivity index (χ1n) is 9.49. The van der Waals surface area contributed by atoms with Crippen LogP contribution in [0.5, 0.6) is 5.75 Å². The number of rotatable bonds is 2. The number of hydrogen-bond acceptors (Lipinski definition) is 3. The van der Waals surface area contributed by atoms with Gasteiger partial charge in [0.05, 0.1) is 20.3 Å². The van der Waals surface area contributed by atoms with E-state index in [9.17, 15) is 0 Å². The molecule has 1 heterocycles. The molecule has 2 aromatic rings. The van der Waals surface area contributed by atoms with Gasteiger partial charge in [-0.3, -0.25) is 0 Å². The van der Waals surface area contributed by atoms with Gasteiger partial charge in [-0.25, -0.2) is 0 Å². The standard InChI is InChI=1S/C23H24O3/c1-24-19-8-6-17(7-9-19)21-16-18-4-2-3-5-20(18)22(21)10-12-23(13-11-22)25-14-15-26-23/h2-9,16H,10-15H2,1H3. The van der Waals surface area contributed by atoms with Crippen LogP contribution in [0.15, 0.2) is 48.5 Å². The van der Waals surface area contributed by atoms with Crippen LogP contribution in [0.4, 0.5) is 0 Å². The van der Waals surface area contributed by atoms with E-state index >= 15 is 0 Å². The maximum Gasteiger partial charge on any atom is 0.168 e. The molecule has 1 saturated heterocycles. The molecule has 3 aliphatic rings. The first kappa shape index (κ1) is 16.1. The number of fused-ring (bicyclic) bond motifs is 2. The van der Waals surface area contributed by atoms with Gasteiger partial charge in [0, 0.05) is 18.3 Å². The lowest BCUT2D eigenvalue weighted by Gasteiger charge is -2.44. The summed E-state index contributed by atoms with van der Waals surface area (Å²) in [7, 11) is 1.71. The summed E-state index contributed by atoms with van der Waals surface area (Å²) >= 11 is 0. The van der Waals surface area contributed by atoms with Crippen molar-refractivity contribution in [3.05, 3.63) is 65.2 Å². The second kappa shape index (κ2) is 5.97. The van der Waals surface area contributed by atoms with Crippen molar-refractivity contribution < 1.29 is 14.2 Å². The zero-order chi connectivity index (χ0) is 17.6. The maximum atomic E-state index is 5.99. The molecular weight excluding hydrogens is 324 g/mol. The average Bonchev–Trinajstić information content (AvgIpc) is 3.28. The number of methoxy groups -OCH3 is 1. The molecule has 134 valence electrons. The van der Waals surface area contributed by atoms with E-state index < -0.39 is 0 Å². The lowest BCUT2D eigenvalue weighted by Crippen LogP contribution is -2.42. The zero-order valence-electron chi connectivity index (χ0n) is 15.2. The molecule has 0 amide bonds. The highest BCUT2D eigenvalue weighted by molar-refractivity contribution is 5.94. The van der Waals surface area contributed by atoms with Gasteiger partial charge >= 0.3 is 0 Å². The first-order valence-corrected chi connectivity index (χ1v) is 9.49. The summed E-state index contributed by atoms with van der Waals surface area (Å²) in [6.45, 7) is 1.45. The van der Waals surface area contributed by atoms with Crippen LogP contribution in [0.1, 0.15) is 42.4 Å². The molecule has 3 nitrogen and oxygen atoms in total. The minimum atomic E-state index is -0.339. The summed E-state index contributed by atoms with van der Waals surface area (Å²) in [5, 5.41) is 0. The summed E-state index contributed by atoms with van der Waals surface area (Å²) in [4.78, 5) is 0. The molecule has 3 heteroatoms. The SMILES string of the molecule is COc1ccc(C2=Cc3ccccc3C23CCC2(CC3)OCCO2)cc1. The van der Waals surface area contributed by atoms with E-state index in [0.717, 1.165) is 44.6 Å². The van der Waals surface area contributed by atoms with E-state index in [2.05, 4.69) is 54.6 Å². The molecule has 0 radical (unpaired) electrons. The van der Waals surface area contributed by atoms with Gasteiger partial charge in [-0.1, -0.05) is 36.4 Å². The Morgan fingerprint density at radius 2 is 1.54 bits per heavy atom. The van der Waals surface area contributed by atoms with Crippen molar-refractivity contribution in [1.82, 2.24) is 0 Å². The van der Waals surface area contributed by atoms with Gasteiger partial charge in [0.1, 0.15) is 5.75 Å². The molecule has 0 atom stereocenters. The molecule has 1 saturated carbocycles. The molecule has 0 aromatic heterocycles. The van der Waals surface area contributed by atoms with Crippen molar-refractivity contribution in [1.29, 1.82) is 0 Å². The lowest BCUT2D eigenvalue weighted by molar-refractivity contribution is -0.182. The molecule has 0 unspecified atom stereocenters. The van der Waals surface area contributed by atoms with E-state index in [1.54, 1.807) is 7.11 Å². The van der Waals surface area contributed by atoms with Crippen LogP contribution in [-0.4, -0.2) is 26.1 Å². The summed E-state index contributed by atoms with van der Waals surface area (Å²) in [6, 6.07) is 17.3.